The topological polar surface area (TPSA) is 33.0 Å². The third-order valence-corrected chi connectivity index (χ3v) is 3.00. The summed E-state index contributed by atoms with van der Waals surface area (Å²) in [6.07, 6.45) is 0.750. The van der Waals surface area contributed by atoms with Gasteiger partial charge in [0.1, 0.15) is 5.75 Å². The van der Waals surface area contributed by atoms with Crippen LogP contribution in [0, 0.1) is 18.3 Å². The van der Waals surface area contributed by atoms with Crippen molar-refractivity contribution in [2.45, 2.75) is 13.3 Å². The molecule has 2 aromatic carbocycles. The molecule has 2 heteroatoms. The van der Waals surface area contributed by atoms with Crippen LogP contribution >= 0.6 is 0 Å². The number of methoxy groups -OCH3 is 1. The van der Waals surface area contributed by atoms with Gasteiger partial charge in [0.15, 0.2) is 0 Å². The zero-order valence-electron chi connectivity index (χ0n) is 10.6. The molecule has 0 unspecified atom stereocenters. The third kappa shape index (κ3) is 2.52. The van der Waals surface area contributed by atoms with Crippen molar-refractivity contribution in [2.24, 2.45) is 0 Å². The first kappa shape index (κ1) is 12.2. The van der Waals surface area contributed by atoms with Gasteiger partial charge in [0, 0.05) is 0 Å². The van der Waals surface area contributed by atoms with Crippen molar-refractivity contribution < 1.29 is 4.74 Å². The van der Waals surface area contributed by atoms with E-state index in [-0.39, 0.29) is 0 Å². The molecule has 0 atom stereocenters. The molecular weight excluding hydrogens is 222 g/mol. The molecule has 0 bridgehead atoms. The number of aryl methyl sites for hydroxylation is 1. The quantitative estimate of drug-likeness (QED) is 0.819. The zero-order chi connectivity index (χ0) is 13.0. The van der Waals surface area contributed by atoms with Crippen molar-refractivity contribution in [3.8, 4) is 11.8 Å². The largest absolute Gasteiger partial charge is 0.496 e. The van der Waals surface area contributed by atoms with Crippen LogP contribution in [-0.2, 0) is 6.42 Å². The second-order valence-electron chi connectivity index (χ2n) is 4.25. The van der Waals surface area contributed by atoms with Crippen LogP contribution < -0.4 is 4.74 Å². The molecule has 0 saturated heterocycles. The molecule has 2 rings (SSSR count). The van der Waals surface area contributed by atoms with Gasteiger partial charge in [-0.2, -0.15) is 5.26 Å². The number of nitrogens with zero attached hydrogens (tertiary/aromatic N) is 1. The lowest BCUT2D eigenvalue weighted by Gasteiger charge is -2.08. The first-order valence-corrected chi connectivity index (χ1v) is 5.86. The fourth-order valence-corrected chi connectivity index (χ4v) is 1.98. The van der Waals surface area contributed by atoms with Crippen LogP contribution in [0.3, 0.4) is 0 Å². The highest BCUT2D eigenvalue weighted by molar-refractivity contribution is 5.43. The summed E-state index contributed by atoms with van der Waals surface area (Å²) in [4.78, 5) is 0. The lowest BCUT2D eigenvalue weighted by Crippen LogP contribution is -1.94. The predicted octanol–water partition coefficient (Wildman–Crippen LogP) is 3.47. The van der Waals surface area contributed by atoms with Gasteiger partial charge in [-0.3, -0.25) is 0 Å². The zero-order valence-corrected chi connectivity index (χ0v) is 10.6. The van der Waals surface area contributed by atoms with Crippen molar-refractivity contribution in [3.63, 3.8) is 0 Å². The number of ether oxygens (including phenoxy) is 1. The van der Waals surface area contributed by atoms with Crippen molar-refractivity contribution in [3.05, 3.63) is 64.7 Å². The van der Waals surface area contributed by atoms with E-state index in [0.717, 1.165) is 34.4 Å². The molecule has 0 radical (unpaired) electrons. The van der Waals surface area contributed by atoms with Crippen LogP contribution in [0.5, 0.6) is 5.75 Å². The van der Waals surface area contributed by atoms with E-state index in [0.29, 0.717) is 0 Å². The van der Waals surface area contributed by atoms with Crippen LogP contribution in [0.4, 0.5) is 0 Å². The van der Waals surface area contributed by atoms with Crippen LogP contribution in [0.2, 0.25) is 0 Å². The Kier molecular flexibility index (Phi) is 3.64. The Morgan fingerprint density at radius 3 is 2.67 bits per heavy atom. The molecule has 18 heavy (non-hydrogen) atoms. The minimum atomic E-state index is 0.733. The SMILES string of the molecule is COc1cc(Cc2ccccc2C#N)ccc1C. The maximum absolute atomic E-state index is 9.07. The standard InChI is InChI=1S/C16H15NO/c1-12-7-8-13(10-16(12)18-2)9-14-5-3-4-6-15(14)11-17/h3-8,10H,9H2,1-2H3. The number of rotatable bonds is 3. The molecule has 0 amide bonds. The van der Waals surface area contributed by atoms with Gasteiger partial charge >= 0.3 is 0 Å². The molecule has 0 aliphatic rings. The highest BCUT2D eigenvalue weighted by Gasteiger charge is 2.04. The Morgan fingerprint density at radius 1 is 1.17 bits per heavy atom. The number of hydrogen-bond donors (Lipinski definition) is 0. The summed E-state index contributed by atoms with van der Waals surface area (Å²) in [5.41, 5.74) is 4.05. The lowest BCUT2D eigenvalue weighted by atomic mass is 9.99. The second-order valence-corrected chi connectivity index (χ2v) is 4.25. The Balaban J connectivity index is 2.32. The molecule has 2 aromatic rings. The number of hydrogen-bond acceptors (Lipinski definition) is 2. The Bertz CT molecular complexity index is 596. The fraction of sp³-hybridized carbons (Fsp3) is 0.188. The van der Waals surface area contributed by atoms with Gasteiger partial charge in [0.05, 0.1) is 18.7 Å². The average Bonchev–Trinajstić information content (AvgIpc) is 2.41. The smallest absolute Gasteiger partial charge is 0.122 e. The molecule has 0 N–H and O–H groups in total. The van der Waals surface area contributed by atoms with Gasteiger partial charge in [-0.1, -0.05) is 30.3 Å². The molecule has 0 aliphatic heterocycles. The van der Waals surface area contributed by atoms with Crippen LogP contribution in [0.25, 0.3) is 0 Å². The van der Waals surface area contributed by atoms with Crippen LogP contribution in [0.15, 0.2) is 42.5 Å². The highest BCUT2D eigenvalue weighted by Crippen LogP contribution is 2.21. The molecule has 0 heterocycles. The van der Waals surface area contributed by atoms with Crippen molar-refractivity contribution in [2.75, 3.05) is 7.11 Å². The summed E-state index contributed by atoms with van der Waals surface area (Å²) < 4.78 is 5.31. The van der Waals surface area contributed by atoms with E-state index in [1.165, 1.54) is 0 Å². The van der Waals surface area contributed by atoms with Gasteiger partial charge in [-0.15, -0.1) is 0 Å². The van der Waals surface area contributed by atoms with E-state index in [1.54, 1.807) is 7.11 Å². The van der Waals surface area contributed by atoms with Gasteiger partial charge in [0.2, 0.25) is 0 Å². The summed E-state index contributed by atoms with van der Waals surface area (Å²) in [6.45, 7) is 2.02. The molecule has 0 aliphatic carbocycles. The molecule has 90 valence electrons. The fourth-order valence-electron chi connectivity index (χ4n) is 1.98. The van der Waals surface area contributed by atoms with E-state index in [2.05, 4.69) is 12.1 Å². The summed E-state index contributed by atoms with van der Waals surface area (Å²) >= 11 is 0. The lowest BCUT2D eigenvalue weighted by molar-refractivity contribution is 0.411. The van der Waals surface area contributed by atoms with E-state index in [4.69, 9.17) is 10.00 Å². The third-order valence-electron chi connectivity index (χ3n) is 3.00. The summed E-state index contributed by atoms with van der Waals surface area (Å²) in [7, 11) is 1.68. The summed E-state index contributed by atoms with van der Waals surface area (Å²) in [5, 5.41) is 9.07. The maximum Gasteiger partial charge on any atom is 0.122 e. The number of benzene rings is 2. The van der Waals surface area contributed by atoms with Gasteiger partial charge in [-0.25, -0.2) is 0 Å². The minimum absolute atomic E-state index is 0.733. The minimum Gasteiger partial charge on any atom is -0.496 e. The van der Waals surface area contributed by atoms with Crippen LogP contribution in [-0.4, -0.2) is 7.11 Å². The Morgan fingerprint density at radius 2 is 1.94 bits per heavy atom. The molecule has 0 saturated carbocycles. The molecule has 0 spiro atoms. The number of nitriles is 1. The molecular formula is C16H15NO. The van der Waals surface area contributed by atoms with Crippen molar-refractivity contribution in [1.29, 1.82) is 5.26 Å². The Hall–Kier alpha value is -2.27. The highest BCUT2D eigenvalue weighted by atomic mass is 16.5. The second kappa shape index (κ2) is 5.37. The van der Waals surface area contributed by atoms with Crippen molar-refractivity contribution in [1.82, 2.24) is 0 Å². The molecule has 0 fully saturated rings. The predicted molar refractivity (Wildman–Crippen MR) is 71.7 cm³/mol. The van der Waals surface area contributed by atoms with Crippen LogP contribution in [0.1, 0.15) is 22.3 Å². The van der Waals surface area contributed by atoms with Gasteiger partial charge in [-0.05, 0) is 42.2 Å². The first-order valence-electron chi connectivity index (χ1n) is 5.86. The summed E-state index contributed by atoms with van der Waals surface area (Å²) in [5.74, 6) is 0.891. The van der Waals surface area contributed by atoms with Gasteiger partial charge in [0.25, 0.3) is 0 Å². The monoisotopic (exact) mass is 237 g/mol. The van der Waals surface area contributed by atoms with E-state index in [9.17, 15) is 0 Å². The van der Waals surface area contributed by atoms with Gasteiger partial charge < -0.3 is 4.74 Å². The van der Waals surface area contributed by atoms with E-state index in [1.807, 2.05) is 43.3 Å². The molecule has 2 nitrogen and oxygen atoms in total. The average molecular weight is 237 g/mol. The first-order chi connectivity index (χ1) is 8.74. The normalized spacial score (nSPS) is 9.83. The Labute approximate surface area is 107 Å². The van der Waals surface area contributed by atoms with E-state index < -0.39 is 0 Å². The summed E-state index contributed by atoms with van der Waals surface area (Å²) in [6, 6.07) is 16.1. The van der Waals surface area contributed by atoms with E-state index >= 15 is 0 Å². The molecule has 0 aromatic heterocycles. The van der Waals surface area contributed by atoms with Crippen molar-refractivity contribution >= 4 is 0 Å². The maximum atomic E-state index is 9.07.